The minimum atomic E-state index is 0.197. The molecule has 0 aromatic carbocycles. The normalized spacial score (nSPS) is 19.2. The van der Waals surface area contributed by atoms with E-state index in [1.54, 1.807) is 6.92 Å². The Morgan fingerprint density at radius 1 is 1.50 bits per heavy atom. The molecule has 20 heavy (non-hydrogen) atoms. The number of aromatic nitrogens is 1. The number of rotatable bonds is 4. The fourth-order valence-electron chi connectivity index (χ4n) is 2.86. The van der Waals surface area contributed by atoms with Gasteiger partial charge in [-0.05, 0) is 50.7 Å². The maximum atomic E-state index is 11.5. The first-order valence-corrected chi connectivity index (χ1v) is 7.50. The molecule has 1 atom stereocenters. The molecule has 4 nitrogen and oxygen atoms in total. The lowest BCUT2D eigenvalue weighted by Crippen LogP contribution is -2.39. The van der Waals surface area contributed by atoms with Gasteiger partial charge in [0.1, 0.15) is 0 Å². The molecule has 0 spiro atoms. The predicted octanol–water partition coefficient (Wildman–Crippen LogP) is 2.70. The summed E-state index contributed by atoms with van der Waals surface area (Å²) in [7, 11) is 0. The first-order chi connectivity index (χ1) is 9.54. The molecule has 2 rings (SSSR count). The third-order valence-corrected chi connectivity index (χ3v) is 3.74. The third kappa shape index (κ3) is 4.22. The van der Waals surface area contributed by atoms with Gasteiger partial charge in [0.2, 0.25) is 5.91 Å². The second kappa shape index (κ2) is 6.73. The lowest BCUT2D eigenvalue weighted by Gasteiger charge is -2.32. The molecule has 0 bridgehead atoms. The van der Waals surface area contributed by atoms with Gasteiger partial charge in [0, 0.05) is 38.4 Å². The second-order valence-electron chi connectivity index (χ2n) is 6.06. The summed E-state index contributed by atoms with van der Waals surface area (Å²) in [5.74, 6) is 0.756. The Morgan fingerprint density at radius 2 is 2.30 bits per heavy atom. The summed E-state index contributed by atoms with van der Waals surface area (Å²) in [5, 5.41) is 3.38. The first-order valence-electron chi connectivity index (χ1n) is 7.50. The van der Waals surface area contributed by atoms with E-state index in [2.05, 4.69) is 30.2 Å². The van der Waals surface area contributed by atoms with E-state index in [0.29, 0.717) is 12.0 Å². The molecule has 1 aliphatic rings. The van der Waals surface area contributed by atoms with Crippen LogP contribution in [0, 0.1) is 5.92 Å². The Bertz CT molecular complexity index is 459. The van der Waals surface area contributed by atoms with Gasteiger partial charge < -0.3 is 10.2 Å². The Labute approximate surface area is 121 Å². The van der Waals surface area contributed by atoms with Crippen LogP contribution in [0.2, 0.25) is 0 Å². The van der Waals surface area contributed by atoms with Crippen LogP contribution >= 0.6 is 0 Å². The highest BCUT2D eigenvalue weighted by Crippen LogP contribution is 2.22. The van der Waals surface area contributed by atoms with Crippen molar-refractivity contribution in [3.8, 4) is 0 Å². The minimum Gasteiger partial charge on any atom is -0.382 e. The van der Waals surface area contributed by atoms with E-state index in [0.717, 1.165) is 31.6 Å². The second-order valence-corrected chi connectivity index (χ2v) is 6.06. The van der Waals surface area contributed by atoms with Gasteiger partial charge in [-0.25, -0.2) is 0 Å². The van der Waals surface area contributed by atoms with E-state index in [-0.39, 0.29) is 5.91 Å². The summed E-state index contributed by atoms with van der Waals surface area (Å²) in [6, 6.07) is 2.59. The van der Waals surface area contributed by atoms with E-state index in [1.165, 1.54) is 12.0 Å². The fourth-order valence-corrected chi connectivity index (χ4v) is 2.86. The van der Waals surface area contributed by atoms with Gasteiger partial charge >= 0.3 is 0 Å². The Kier molecular flexibility index (Phi) is 4.99. The fraction of sp³-hybridized carbons (Fsp3) is 0.625. The Balaban J connectivity index is 1.97. The molecule has 0 saturated carbocycles. The first kappa shape index (κ1) is 14.8. The molecule has 0 radical (unpaired) electrons. The number of nitrogens with zero attached hydrogens (tertiary/aromatic N) is 2. The van der Waals surface area contributed by atoms with Crippen molar-refractivity contribution < 1.29 is 4.79 Å². The van der Waals surface area contributed by atoms with Crippen LogP contribution in [0.5, 0.6) is 0 Å². The molecular formula is C16H25N3O. The van der Waals surface area contributed by atoms with Crippen LogP contribution in [0.3, 0.4) is 0 Å². The van der Waals surface area contributed by atoms with E-state index >= 15 is 0 Å². The molecule has 1 aromatic rings. The van der Waals surface area contributed by atoms with E-state index < -0.39 is 0 Å². The van der Waals surface area contributed by atoms with Crippen LogP contribution < -0.4 is 5.32 Å². The van der Waals surface area contributed by atoms with Gasteiger partial charge in [-0.1, -0.05) is 0 Å². The quantitative estimate of drug-likeness (QED) is 0.919. The number of carbonyl (C=O) groups excluding carboxylic acids is 1. The van der Waals surface area contributed by atoms with Crippen molar-refractivity contribution >= 4 is 11.6 Å². The lowest BCUT2D eigenvalue weighted by molar-refractivity contribution is -0.130. The van der Waals surface area contributed by atoms with Crippen LogP contribution in [0.1, 0.15) is 39.2 Å². The van der Waals surface area contributed by atoms with Crippen molar-refractivity contribution in [2.45, 2.75) is 46.1 Å². The van der Waals surface area contributed by atoms with Gasteiger partial charge in [0.25, 0.3) is 0 Å². The van der Waals surface area contributed by atoms with Crippen LogP contribution in [-0.4, -0.2) is 34.9 Å². The average Bonchev–Trinajstić information content (AvgIpc) is 2.38. The molecule has 1 aliphatic heterocycles. The maximum absolute atomic E-state index is 11.5. The SMILES string of the molecule is CC(=O)N1CCC[C@@H](Cc2cncc(NC(C)C)c2)C1. The molecule has 1 N–H and O–H groups in total. The van der Waals surface area contributed by atoms with E-state index in [9.17, 15) is 4.79 Å². The van der Waals surface area contributed by atoms with Crippen molar-refractivity contribution in [3.05, 3.63) is 24.0 Å². The minimum absolute atomic E-state index is 0.197. The molecule has 0 unspecified atom stereocenters. The van der Waals surface area contributed by atoms with Crippen LogP contribution in [0.15, 0.2) is 18.5 Å². The van der Waals surface area contributed by atoms with Crippen molar-refractivity contribution in [3.63, 3.8) is 0 Å². The zero-order valence-electron chi connectivity index (χ0n) is 12.7. The number of nitrogens with one attached hydrogen (secondary N) is 1. The zero-order valence-corrected chi connectivity index (χ0v) is 12.7. The highest BCUT2D eigenvalue weighted by molar-refractivity contribution is 5.73. The summed E-state index contributed by atoms with van der Waals surface area (Å²) >= 11 is 0. The highest BCUT2D eigenvalue weighted by atomic mass is 16.2. The number of piperidine rings is 1. The van der Waals surface area contributed by atoms with Gasteiger partial charge in [0.15, 0.2) is 0 Å². The molecule has 2 heterocycles. The topological polar surface area (TPSA) is 45.2 Å². The van der Waals surface area contributed by atoms with Gasteiger partial charge in [-0.15, -0.1) is 0 Å². The van der Waals surface area contributed by atoms with Crippen molar-refractivity contribution in [2.75, 3.05) is 18.4 Å². The monoisotopic (exact) mass is 275 g/mol. The zero-order chi connectivity index (χ0) is 14.5. The predicted molar refractivity (Wildman–Crippen MR) is 81.7 cm³/mol. The molecule has 1 fully saturated rings. The number of likely N-dealkylation sites (tertiary alicyclic amines) is 1. The summed E-state index contributed by atoms with van der Waals surface area (Å²) < 4.78 is 0. The summed E-state index contributed by atoms with van der Waals surface area (Å²) in [6.45, 7) is 7.71. The Morgan fingerprint density at radius 3 is 3.00 bits per heavy atom. The molecular weight excluding hydrogens is 250 g/mol. The number of amides is 1. The number of pyridine rings is 1. The lowest BCUT2D eigenvalue weighted by atomic mass is 9.92. The number of hydrogen-bond acceptors (Lipinski definition) is 3. The van der Waals surface area contributed by atoms with Crippen molar-refractivity contribution in [1.82, 2.24) is 9.88 Å². The van der Waals surface area contributed by atoms with Crippen molar-refractivity contribution in [2.24, 2.45) is 5.92 Å². The third-order valence-electron chi connectivity index (χ3n) is 3.74. The maximum Gasteiger partial charge on any atom is 0.219 e. The number of carbonyl (C=O) groups is 1. The smallest absolute Gasteiger partial charge is 0.219 e. The van der Waals surface area contributed by atoms with E-state index in [4.69, 9.17) is 0 Å². The summed E-state index contributed by atoms with van der Waals surface area (Å²) in [6.07, 6.45) is 7.13. The number of anilines is 1. The van der Waals surface area contributed by atoms with Gasteiger partial charge in [-0.2, -0.15) is 0 Å². The van der Waals surface area contributed by atoms with E-state index in [1.807, 2.05) is 17.3 Å². The standard InChI is InChI=1S/C16H25N3O/c1-12(2)18-16-8-15(9-17-10-16)7-14-5-4-6-19(11-14)13(3)20/h8-10,12,14,18H,4-7,11H2,1-3H3/t14-/m0/s1. The molecule has 1 aromatic heterocycles. The van der Waals surface area contributed by atoms with Crippen molar-refractivity contribution in [1.29, 1.82) is 0 Å². The summed E-state index contributed by atoms with van der Waals surface area (Å²) in [5.41, 5.74) is 2.34. The average molecular weight is 275 g/mol. The molecule has 4 heteroatoms. The van der Waals surface area contributed by atoms with Crippen LogP contribution in [-0.2, 0) is 11.2 Å². The van der Waals surface area contributed by atoms with Crippen LogP contribution in [0.4, 0.5) is 5.69 Å². The Hall–Kier alpha value is -1.58. The molecule has 1 saturated heterocycles. The largest absolute Gasteiger partial charge is 0.382 e. The number of hydrogen-bond donors (Lipinski definition) is 1. The van der Waals surface area contributed by atoms with Gasteiger partial charge in [-0.3, -0.25) is 9.78 Å². The van der Waals surface area contributed by atoms with Crippen LogP contribution in [0.25, 0.3) is 0 Å². The van der Waals surface area contributed by atoms with Gasteiger partial charge in [0.05, 0.1) is 5.69 Å². The molecule has 0 aliphatic carbocycles. The molecule has 110 valence electrons. The summed E-state index contributed by atoms with van der Waals surface area (Å²) in [4.78, 5) is 17.8. The highest BCUT2D eigenvalue weighted by Gasteiger charge is 2.21. The molecule has 1 amide bonds.